The number of methoxy groups -OCH3 is 1. The maximum atomic E-state index is 11.0. The number of hydrogen-bond donors (Lipinski definition) is 1. The van der Waals surface area contributed by atoms with Gasteiger partial charge in [0.05, 0.1) is 0 Å². The van der Waals surface area contributed by atoms with Crippen LogP contribution in [0, 0.1) is 6.92 Å². The normalized spacial score (nSPS) is 10.0. The maximum absolute atomic E-state index is 11.0. The fourth-order valence-electron chi connectivity index (χ4n) is 1.25. The van der Waals surface area contributed by atoms with E-state index in [1.807, 2.05) is 25.1 Å². The summed E-state index contributed by atoms with van der Waals surface area (Å²) in [5, 5.41) is 2.75. The van der Waals surface area contributed by atoms with Gasteiger partial charge in [0.15, 0.2) is 0 Å². The molecule has 1 rings (SSSR count). The molecule has 0 atom stereocenters. The standard InChI is InChI=1S/C11H16N2O2/c1-9-4-3-5-10(13-9)6-7-12-11(14)8-15-2/h3-5H,6-8H2,1-2H3,(H,12,14). The Balaban J connectivity index is 2.28. The lowest BCUT2D eigenvalue weighted by molar-refractivity contribution is -0.124. The number of hydrogen-bond acceptors (Lipinski definition) is 3. The van der Waals surface area contributed by atoms with Crippen LogP contribution in [-0.4, -0.2) is 31.2 Å². The number of amides is 1. The fraction of sp³-hybridized carbons (Fsp3) is 0.455. The molecule has 0 aliphatic rings. The predicted molar refractivity (Wildman–Crippen MR) is 57.6 cm³/mol. The third-order valence-electron chi connectivity index (χ3n) is 1.92. The molecule has 82 valence electrons. The van der Waals surface area contributed by atoms with Crippen LogP contribution in [0.5, 0.6) is 0 Å². The van der Waals surface area contributed by atoms with E-state index in [1.165, 1.54) is 7.11 Å². The summed E-state index contributed by atoms with van der Waals surface area (Å²) in [5.41, 5.74) is 1.99. The molecule has 0 spiro atoms. The highest BCUT2D eigenvalue weighted by atomic mass is 16.5. The first-order valence-corrected chi connectivity index (χ1v) is 4.90. The first kappa shape index (κ1) is 11.7. The second-order valence-corrected chi connectivity index (χ2v) is 3.30. The predicted octanol–water partition coefficient (Wildman–Crippen LogP) is 0.695. The zero-order valence-electron chi connectivity index (χ0n) is 9.12. The quantitative estimate of drug-likeness (QED) is 0.774. The summed E-state index contributed by atoms with van der Waals surface area (Å²) in [7, 11) is 1.50. The Morgan fingerprint density at radius 2 is 2.33 bits per heavy atom. The van der Waals surface area contributed by atoms with Gasteiger partial charge in [-0.1, -0.05) is 6.07 Å². The van der Waals surface area contributed by atoms with E-state index in [1.54, 1.807) is 0 Å². The Bertz CT molecular complexity index is 326. The summed E-state index contributed by atoms with van der Waals surface area (Å²) < 4.78 is 4.70. The third kappa shape index (κ3) is 4.56. The molecular formula is C11H16N2O2. The molecule has 4 nitrogen and oxygen atoms in total. The molecule has 1 amide bonds. The monoisotopic (exact) mass is 208 g/mol. The molecule has 0 saturated heterocycles. The number of nitrogens with zero attached hydrogens (tertiary/aromatic N) is 1. The molecule has 0 radical (unpaired) electrons. The van der Waals surface area contributed by atoms with Crippen molar-refractivity contribution in [1.29, 1.82) is 0 Å². The van der Waals surface area contributed by atoms with Gasteiger partial charge in [-0.3, -0.25) is 9.78 Å². The average Bonchev–Trinajstić information content (AvgIpc) is 2.18. The van der Waals surface area contributed by atoms with Crippen LogP contribution in [0.2, 0.25) is 0 Å². The van der Waals surface area contributed by atoms with Crippen LogP contribution in [0.1, 0.15) is 11.4 Å². The average molecular weight is 208 g/mol. The number of carbonyl (C=O) groups excluding carboxylic acids is 1. The third-order valence-corrected chi connectivity index (χ3v) is 1.92. The Morgan fingerprint density at radius 3 is 3.00 bits per heavy atom. The SMILES string of the molecule is COCC(=O)NCCc1cccc(C)n1. The summed E-state index contributed by atoms with van der Waals surface area (Å²) in [6, 6.07) is 5.87. The Kier molecular flexibility index (Phi) is 4.77. The summed E-state index contributed by atoms with van der Waals surface area (Å²) in [6.45, 7) is 2.66. The van der Waals surface area contributed by atoms with Crippen molar-refractivity contribution in [2.24, 2.45) is 0 Å². The topological polar surface area (TPSA) is 51.2 Å². The molecule has 1 aromatic rings. The largest absolute Gasteiger partial charge is 0.375 e. The molecule has 1 aromatic heterocycles. The number of ether oxygens (including phenoxy) is 1. The molecule has 0 aliphatic carbocycles. The van der Waals surface area contributed by atoms with Crippen molar-refractivity contribution in [3.05, 3.63) is 29.6 Å². The Labute approximate surface area is 89.7 Å². The van der Waals surface area contributed by atoms with Crippen LogP contribution in [0.15, 0.2) is 18.2 Å². The van der Waals surface area contributed by atoms with Gasteiger partial charge in [0.2, 0.25) is 5.91 Å². The van der Waals surface area contributed by atoms with Crippen molar-refractivity contribution in [3.63, 3.8) is 0 Å². The lowest BCUT2D eigenvalue weighted by atomic mass is 10.2. The van der Waals surface area contributed by atoms with Crippen LogP contribution < -0.4 is 5.32 Å². The molecule has 0 saturated carbocycles. The zero-order valence-corrected chi connectivity index (χ0v) is 9.12. The van der Waals surface area contributed by atoms with Gasteiger partial charge in [0, 0.05) is 31.5 Å². The highest BCUT2D eigenvalue weighted by Gasteiger charge is 1.99. The molecule has 1 heterocycles. The minimum atomic E-state index is -0.0925. The molecule has 1 N–H and O–H groups in total. The first-order chi connectivity index (χ1) is 7.22. The summed E-state index contributed by atoms with van der Waals surface area (Å²) in [4.78, 5) is 15.4. The Hall–Kier alpha value is -1.42. The molecule has 4 heteroatoms. The van der Waals surface area contributed by atoms with Crippen LogP contribution in [0.3, 0.4) is 0 Å². The second-order valence-electron chi connectivity index (χ2n) is 3.30. The number of nitrogens with one attached hydrogen (secondary N) is 1. The minimum Gasteiger partial charge on any atom is -0.375 e. The van der Waals surface area contributed by atoms with Crippen molar-refractivity contribution >= 4 is 5.91 Å². The van der Waals surface area contributed by atoms with Crippen molar-refractivity contribution < 1.29 is 9.53 Å². The van der Waals surface area contributed by atoms with E-state index in [-0.39, 0.29) is 12.5 Å². The van der Waals surface area contributed by atoms with Crippen molar-refractivity contribution in [1.82, 2.24) is 10.3 Å². The van der Waals surface area contributed by atoms with Crippen molar-refractivity contribution in [2.75, 3.05) is 20.3 Å². The fourth-order valence-corrected chi connectivity index (χ4v) is 1.25. The van der Waals surface area contributed by atoms with E-state index in [0.29, 0.717) is 6.54 Å². The van der Waals surface area contributed by atoms with Crippen LogP contribution in [-0.2, 0) is 16.0 Å². The number of pyridine rings is 1. The first-order valence-electron chi connectivity index (χ1n) is 4.90. The summed E-state index contributed by atoms with van der Waals surface area (Å²) in [6.07, 6.45) is 0.747. The molecule has 0 aromatic carbocycles. The van der Waals surface area contributed by atoms with Crippen LogP contribution in [0.25, 0.3) is 0 Å². The molecule has 0 fully saturated rings. The van der Waals surface area contributed by atoms with E-state index >= 15 is 0 Å². The van der Waals surface area contributed by atoms with E-state index in [9.17, 15) is 4.79 Å². The Morgan fingerprint density at radius 1 is 1.53 bits per heavy atom. The number of rotatable bonds is 5. The number of carbonyl (C=O) groups is 1. The van der Waals surface area contributed by atoms with Gasteiger partial charge in [-0.15, -0.1) is 0 Å². The van der Waals surface area contributed by atoms with Gasteiger partial charge >= 0.3 is 0 Å². The lowest BCUT2D eigenvalue weighted by Crippen LogP contribution is -2.29. The van der Waals surface area contributed by atoms with Gasteiger partial charge in [-0.25, -0.2) is 0 Å². The highest BCUT2D eigenvalue weighted by Crippen LogP contribution is 1.97. The van der Waals surface area contributed by atoms with E-state index in [2.05, 4.69) is 10.3 Å². The molecule has 0 unspecified atom stereocenters. The minimum absolute atomic E-state index is 0.0925. The van der Waals surface area contributed by atoms with E-state index < -0.39 is 0 Å². The maximum Gasteiger partial charge on any atom is 0.245 e. The van der Waals surface area contributed by atoms with E-state index in [0.717, 1.165) is 17.8 Å². The zero-order chi connectivity index (χ0) is 11.1. The molecule has 15 heavy (non-hydrogen) atoms. The molecular weight excluding hydrogens is 192 g/mol. The number of aryl methyl sites for hydroxylation is 1. The van der Waals surface area contributed by atoms with Crippen LogP contribution >= 0.6 is 0 Å². The van der Waals surface area contributed by atoms with Gasteiger partial charge in [0.1, 0.15) is 6.61 Å². The lowest BCUT2D eigenvalue weighted by Gasteiger charge is -2.04. The second kappa shape index (κ2) is 6.14. The molecule has 0 aliphatic heterocycles. The summed E-state index contributed by atoms with van der Waals surface area (Å²) in [5.74, 6) is -0.0925. The van der Waals surface area contributed by atoms with Gasteiger partial charge < -0.3 is 10.1 Å². The van der Waals surface area contributed by atoms with Gasteiger partial charge in [-0.05, 0) is 19.1 Å². The highest BCUT2D eigenvalue weighted by molar-refractivity contribution is 5.77. The van der Waals surface area contributed by atoms with Crippen LogP contribution in [0.4, 0.5) is 0 Å². The summed E-state index contributed by atoms with van der Waals surface area (Å²) >= 11 is 0. The van der Waals surface area contributed by atoms with E-state index in [4.69, 9.17) is 4.74 Å². The molecule has 0 bridgehead atoms. The van der Waals surface area contributed by atoms with Crippen molar-refractivity contribution in [3.8, 4) is 0 Å². The smallest absolute Gasteiger partial charge is 0.245 e. The van der Waals surface area contributed by atoms with Crippen molar-refractivity contribution in [2.45, 2.75) is 13.3 Å². The van der Waals surface area contributed by atoms with Gasteiger partial charge in [-0.2, -0.15) is 0 Å². The van der Waals surface area contributed by atoms with Gasteiger partial charge in [0.25, 0.3) is 0 Å². The number of aromatic nitrogens is 1.